The van der Waals surface area contributed by atoms with Crippen molar-refractivity contribution in [1.29, 1.82) is 0 Å². The predicted octanol–water partition coefficient (Wildman–Crippen LogP) is 4.17. The molecule has 3 rings (SSSR count). The lowest BCUT2D eigenvalue weighted by Crippen LogP contribution is -2.55. The summed E-state index contributed by atoms with van der Waals surface area (Å²) in [5.74, 6) is 1.72. The van der Waals surface area contributed by atoms with Gasteiger partial charge in [-0.25, -0.2) is 0 Å². The Balaban J connectivity index is 1.77. The third kappa shape index (κ3) is 1.83. The number of para-hydroxylation sites is 2. The van der Waals surface area contributed by atoms with E-state index in [4.69, 9.17) is 9.47 Å². The first-order valence-electron chi connectivity index (χ1n) is 6.70. The highest BCUT2D eigenvalue weighted by Gasteiger charge is 2.56. The highest BCUT2D eigenvalue weighted by Crippen LogP contribution is 2.58. The van der Waals surface area contributed by atoms with E-state index < -0.39 is 0 Å². The summed E-state index contributed by atoms with van der Waals surface area (Å²) in [7, 11) is 1.70. The highest BCUT2D eigenvalue weighted by atomic mass is 79.9. The van der Waals surface area contributed by atoms with Crippen LogP contribution in [-0.2, 0) is 0 Å². The van der Waals surface area contributed by atoms with Crippen molar-refractivity contribution in [1.82, 2.24) is 0 Å². The SMILES string of the molecule is COc1ccccc1OC1CC(Br)C12CCCC2. The van der Waals surface area contributed by atoms with Crippen molar-refractivity contribution >= 4 is 15.9 Å². The van der Waals surface area contributed by atoms with Crippen LogP contribution in [0.4, 0.5) is 0 Å². The minimum absolute atomic E-state index is 0.348. The maximum Gasteiger partial charge on any atom is 0.161 e. The van der Waals surface area contributed by atoms with Gasteiger partial charge >= 0.3 is 0 Å². The van der Waals surface area contributed by atoms with E-state index in [1.807, 2.05) is 24.3 Å². The minimum atomic E-state index is 0.348. The molecule has 1 spiro atoms. The van der Waals surface area contributed by atoms with Crippen LogP contribution < -0.4 is 9.47 Å². The molecule has 0 heterocycles. The zero-order valence-corrected chi connectivity index (χ0v) is 12.3. The number of hydrogen-bond donors (Lipinski definition) is 0. The van der Waals surface area contributed by atoms with Gasteiger partial charge < -0.3 is 9.47 Å². The molecule has 0 aromatic heterocycles. The van der Waals surface area contributed by atoms with Crippen LogP contribution in [0, 0.1) is 5.41 Å². The number of rotatable bonds is 3. The van der Waals surface area contributed by atoms with Gasteiger partial charge in [0.15, 0.2) is 11.5 Å². The number of methoxy groups -OCH3 is 1. The first-order chi connectivity index (χ1) is 8.76. The molecule has 0 radical (unpaired) electrons. The Labute approximate surface area is 117 Å². The van der Waals surface area contributed by atoms with Gasteiger partial charge in [0, 0.05) is 10.2 Å². The fourth-order valence-corrected chi connectivity index (χ4v) is 4.49. The molecule has 2 atom stereocenters. The molecule has 0 N–H and O–H groups in total. The lowest BCUT2D eigenvalue weighted by Gasteiger charge is -2.51. The largest absolute Gasteiger partial charge is 0.493 e. The fraction of sp³-hybridized carbons (Fsp3) is 0.600. The van der Waals surface area contributed by atoms with Gasteiger partial charge in [0.25, 0.3) is 0 Å². The lowest BCUT2D eigenvalue weighted by atomic mass is 9.64. The number of hydrogen-bond acceptors (Lipinski definition) is 2. The molecule has 2 aliphatic carbocycles. The van der Waals surface area contributed by atoms with Crippen molar-refractivity contribution in [3.8, 4) is 11.5 Å². The van der Waals surface area contributed by atoms with Crippen LogP contribution in [0.1, 0.15) is 32.1 Å². The molecule has 1 aromatic rings. The molecule has 2 unspecified atom stereocenters. The van der Waals surface area contributed by atoms with E-state index in [9.17, 15) is 0 Å². The molecule has 18 heavy (non-hydrogen) atoms. The van der Waals surface area contributed by atoms with Gasteiger partial charge in [0.05, 0.1) is 7.11 Å². The van der Waals surface area contributed by atoms with E-state index in [0.717, 1.165) is 17.9 Å². The Kier molecular flexibility index (Phi) is 3.27. The first-order valence-corrected chi connectivity index (χ1v) is 7.61. The van der Waals surface area contributed by atoms with Gasteiger partial charge in [-0.05, 0) is 31.4 Å². The van der Waals surface area contributed by atoms with Crippen LogP contribution in [0.2, 0.25) is 0 Å². The van der Waals surface area contributed by atoms with Gasteiger partial charge in [0.1, 0.15) is 6.10 Å². The standard InChI is InChI=1S/C15H19BrO2/c1-17-11-6-2-3-7-12(11)18-14-10-13(16)15(14)8-4-5-9-15/h2-3,6-7,13-14H,4-5,8-10H2,1H3. The third-order valence-electron chi connectivity index (χ3n) is 4.56. The monoisotopic (exact) mass is 310 g/mol. The van der Waals surface area contributed by atoms with Crippen molar-refractivity contribution in [3.05, 3.63) is 24.3 Å². The zero-order chi connectivity index (χ0) is 12.6. The molecule has 0 aliphatic heterocycles. The van der Waals surface area contributed by atoms with Gasteiger partial charge in [-0.2, -0.15) is 0 Å². The zero-order valence-electron chi connectivity index (χ0n) is 10.7. The predicted molar refractivity (Wildman–Crippen MR) is 75.6 cm³/mol. The Bertz CT molecular complexity index is 426. The van der Waals surface area contributed by atoms with Crippen LogP contribution >= 0.6 is 15.9 Å². The second-order valence-electron chi connectivity index (χ2n) is 5.40. The second-order valence-corrected chi connectivity index (χ2v) is 6.51. The molecule has 3 heteroatoms. The summed E-state index contributed by atoms with van der Waals surface area (Å²) >= 11 is 3.82. The Hall–Kier alpha value is -0.700. The van der Waals surface area contributed by atoms with Crippen LogP contribution in [0.15, 0.2) is 24.3 Å². The molecular weight excluding hydrogens is 292 g/mol. The third-order valence-corrected chi connectivity index (χ3v) is 5.84. The average molecular weight is 311 g/mol. The van der Waals surface area contributed by atoms with Gasteiger partial charge in [-0.15, -0.1) is 0 Å². The smallest absolute Gasteiger partial charge is 0.161 e. The van der Waals surface area contributed by atoms with Crippen LogP contribution in [0.3, 0.4) is 0 Å². The number of ether oxygens (including phenoxy) is 2. The molecule has 2 nitrogen and oxygen atoms in total. The maximum atomic E-state index is 6.23. The van der Waals surface area contributed by atoms with Crippen LogP contribution in [0.25, 0.3) is 0 Å². The average Bonchev–Trinajstić information content (AvgIpc) is 2.91. The Morgan fingerprint density at radius 1 is 1.17 bits per heavy atom. The highest BCUT2D eigenvalue weighted by molar-refractivity contribution is 9.09. The Morgan fingerprint density at radius 2 is 1.83 bits per heavy atom. The molecule has 2 fully saturated rings. The fourth-order valence-electron chi connectivity index (χ4n) is 3.40. The van der Waals surface area contributed by atoms with Crippen molar-refractivity contribution in [3.63, 3.8) is 0 Å². The van der Waals surface area contributed by atoms with Gasteiger partial charge in [-0.3, -0.25) is 0 Å². The molecular formula is C15H19BrO2. The van der Waals surface area contributed by atoms with Crippen molar-refractivity contribution in [2.24, 2.45) is 5.41 Å². The summed E-state index contributed by atoms with van der Waals surface area (Å²) in [6.07, 6.45) is 6.73. The molecule has 0 amide bonds. The van der Waals surface area contributed by atoms with Crippen LogP contribution in [0.5, 0.6) is 11.5 Å². The molecule has 98 valence electrons. The number of alkyl halides is 1. The summed E-state index contributed by atoms with van der Waals surface area (Å²) < 4.78 is 11.6. The summed E-state index contributed by atoms with van der Waals surface area (Å²) in [4.78, 5) is 0.632. The van der Waals surface area contributed by atoms with E-state index >= 15 is 0 Å². The van der Waals surface area contributed by atoms with Gasteiger partial charge in [-0.1, -0.05) is 40.9 Å². The number of halogens is 1. The number of benzene rings is 1. The first kappa shape index (κ1) is 12.3. The molecule has 0 saturated heterocycles. The normalized spacial score (nSPS) is 29.0. The molecule has 2 saturated carbocycles. The van der Waals surface area contributed by atoms with Gasteiger partial charge in [0.2, 0.25) is 0 Å². The summed E-state index contributed by atoms with van der Waals surface area (Å²) in [6, 6.07) is 7.94. The van der Waals surface area contributed by atoms with E-state index in [1.54, 1.807) is 7.11 Å². The van der Waals surface area contributed by atoms with E-state index in [1.165, 1.54) is 25.7 Å². The van der Waals surface area contributed by atoms with Crippen molar-refractivity contribution in [2.45, 2.75) is 43.0 Å². The summed E-state index contributed by atoms with van der Waals surface area (Å²) in [6.45, 7) is 0. The van der Waals surface area contributed by atoms with E-state index in [-0.39, 0.29) is 0 Å². The molecule has 1 aromatic carbocycles. The maximum absolute atomic E-state index is 6.23. The van der Waals surface area contributed by atoms with E-state index in [0.29, 0.717) is 16.3 Å². The van der Waals surface area contributed by atoms with E-state index in [2.05, 4.69) is 15.9 Å². The summed E-state index contributed by atoms with van der Waals surface area (Å²) in [5, 5.41) is 0. The second kappa shape index (κ2) is 4.76. The molecule has 2 aliphatic rings. The Morgan fingerprint density at radius 3 is 2.44 bits per heavy atom. The van der Waals surface area contributed by atoms with Crippen molar-refractivity contribution in [2.75, 3.05) is 7.11 Å². The van der Waals surface area contributed by atoms with Crippen molar-refractivity contribution < 1.29 is 9.47 Å². The molecule has 0 bridgehead atoms. The van der Waals surface area contributed by atoms with Crippen LogP contribution in [-0.4, -0.2) is 18.0 Å². The quantitative estimate of drug-likeness (QED) is 0.780. The topological polar surface area (TPSA) is 18.5 Å². The summed E-state index contributed by atoms with van der Waals surface area (Å²) in [5.41, 5.74) is 0.376. The lowest BCUT2D eigenvalue weighted by molar-refractivity contribution is -0.0316. The minimum Gasteiger partial charge on any atom is -0.493 e.